The molecular weight excluding hydrogens is 300 g/mol. The highest BCUT2D eigenvalue weighted by molar-refractivity contribution is 9.10. The summed E-state index contributed by atoms with van der Waals surface area (Å²) in [5.41, 5.74) is -0.916. The topological polar surface area (TPSA) is 79.3 Å². The Labute approximate surface area is 114 Å². The summed E-state index contributed by atoms with van der Waals surface area (Å²) in [5, 5.41) is 11.7. The summed E-state index contributed by atoms with van der Waals surface area (Å²) < 4.78 is 0.619. The van der Waals surface area contributed by atoms with Crippen molar-refractivity contribution in [1.82, 2.24) is 10.3 Å². The molecule has 0 bridgehead atoms. The van der Waals surface area contributed by atoms with E-state index in [1.54, 1.807) is 12.1 Å². The van der Waals surface area contributed by atoms with Gasteiger partial charge in [0.05, 0.1) is 5.56 Å². The van der Waals surface area contributed by atoms with E-state index >= 15 is 0 Å². The number of halogens is 1. The number of amides is 1. The second kappa shape index (κ2) is 5.95. The SMILES string of the molecule is CCCC(C)(NC(=O)c1ccc(Br)nc1)C(=O)O. The van der Waals surface area contributed by atoms with Crippen LogP contribution in [0.4, 0.5) is 0 Å². The summed E-state index contributed by atoms with van der Waals surface area (Å²) in [6.45, 7) is 3.37. The minimum atomic E-state index is -1.25. The summed E-state index contributed by atoms with van der Waals surface area (Å²) >= 11 is 3.17. The van der Waals surface area contributed by atoms with Gasteiger partial charge >= 0.3 is 5.97 Å². The number of hydrogen-bond acceptors (Lipinski definition) is 3. The molecule has 5 nitrogen and oxygen atoms in total. The van der Waals surface area contributed by atoms with Gasteiger partial charge in [0, 0.05) is 6.20 Å². The van der Waals surface area contributed by atoms with Crippen molar-refractivity contribution in [1.29, 1.82) is 0 Å². The number of nitrogens with zero attached hydrogens (tertiary/aromatic N) is 1. The molecule has 1 aromatic rings. The van der Waals surface area contributed by atoms with Crippen molar-refractivity contribution >= 4 is 27.8 Å². The monoisotopic (exact) mass is 314 g/mol. The minimum absolute atomic E-state index is 0.335. The highest BCUT2D eigenvalue weighted by Gasteiger charge is 2.34. The van der Waals surface area contributed by atoms with Crippen LogP contribution < -0.4 is 5.32 Å². The van der Waals surface area contributed by atoms with Crippen molar-refractivity contribution in [3.63, 3.8) is 0 Å². The molecule has 0 saturated heterocycles. The lowest BCUT2D eigenvalue weighted by molar-refractivity contribution is -0.144. The van der Waals surface area contributed by atoms with Gasteiger partial charge in [-0.05, 0) is 41.4 Å². The molecule has 6 heteroatoms. The van der Waals surface area contributed by atoms with Crippen molar-refractivity contribution < 1.29 is 14.7 Å². The van der Waals surface area contributed by atoms with Gasteiger partial charge in [-0.1, -0.05) is 13.3 Å². The molecule has 1 atom stereocenters. The number of nitrogens with one attached hydrogen (secondary N) is 1. The fourth-order valence-electron chi connectivity index (χ4n) is 1.56. The predicted molar refractivity (Wildman–Crippen MR) is 70.4 cm³/mol. The number of pyridine rings is 1. The van der Waals surface area contributed by atoms with Crippen LogP contribution in [-0.4, -0.2) is 27.5 Å². The van der Waals surface area contributed by atoms with Gasteiger partial charge in [0.15, 0.2) is 0 Å². The molecule has 0 aliphatic heterocycles. The van der Waals surface area contributed by atoms with Gasteiger partial charge < -0.3 is 10.4 Å². The Hall–Kier alpha value is -1.43. The van der Waals surface area contributed by atoms with Crippen LogP contribution in [0.15, 0.2) is 22.9 Å². The number of aliphatic carboxylic acids is 1. The van der Waals surface area contributed by atoms with Gasteiger partial charge in [-0.3, -0.25) is 4.79 Å². The van der Waals surface area contributed by atoms with E-state index in [9.17, 15) is 9.59 Å². The quantitative estimate of drug-likeness (QED) is 0.817. The molecule has 0 spiro atoms. The summed E-state index contributed by atoms with van der Waals surface area (Å²) in [7, 11) is 0. The Bertz CT molecular complexity index is 447. The zero-order valence-electron chi connectivity index (χ0n) is 10.2. The molecule has 0 radical (unpaired) electrons. The second-order valence-corrected chi connectivity index (χ2v) is 5.02. The smallest absolute Gasteiger partial charge is 0.329 e. The number of carbonyl (C=O) groups excluding carboxylic acids is 1. The summed E-state index contributed by atoms with van der Waals surface area (Å²) in [6.07, 6.45) is 2.44. The molecule has 1 unspecified atom stereocenters. The number of hydrogen-bond donors (Lipinski definition) is 2. The van der Waals surface area contributed by atoms with Crippen molar-refractivity contribution in [3.8, 4) is 0 Å². The maximum absolute atomic E-state index is 11.9. The fraction of sp³-hybridized carbons (Fsp3) is 0.417. The van der Waals surface area contributed by atoms with Crippen LogP contribution in [-0.2, 0) is 4.79 Å². The second-order valence-electron chi connectivity index (χ2n) is 4.21. The van der Waals surface area contributed by atoms with E-state index in [0.717, 1.165) is 0 Å². The lowest BCUT2D eigenvalue weighted by Crippen LogP contribution is -2.52. The number of carboxylic acids is 1. The van der Waals surface area contributed by atoms with Crippen molar-refractivity contribution in [2.24, 2.45) is 0 Å². The molecular formula is C12H15BrN2O3. The largest absolute Gasteiger partial charge is 0.480 e. The van der Waals surface area contributed by atoms with Crippen molar-refractivity contribution in [2.75, 3.05) is 0 Å². The number of aromatic nitrogens is 1. The van der Waals surface area contributed by atoms with Crippen LogP contribution >= 0.6 is 15.9 Å². The maximum atomic E-state index is 11.9. The summed E-state index contributed by atoms with van der Waals surface area (Å²) in [6, 6.07) is 3.22. The molecule has 1 heterocycles. The number of carbonyl (C=O) groups is 2. The van der Waals surface area contributed by atoms with Gasteiger partial charge in [0.2, 0.25) is 0 Å². The Morgan fingerprint density at radius 1 is 1.50 bits per heavy atom. The van der Waals surface area contributed by atoms with Crippen molar-refractivity contribution in [3.05, 3.63) is 28.5 Å². The van der Waals surface area contributed by atoms with E-state index < -0.39 is 17.4 Å². The number of carboxylic acid groups (broad SMARTS) is 1. The van der Waals surface area contributed by atoms with Gasteiger partial charge in [-0.2, -0.15) is 0 Å². The third-order valence-electron chi connectivity index (χ3n) is 2.60. The summed E-state index contributed by atoms with van der Waals surface area (Å²) in [5.74, 6) is -1.48. The zero-order chi connectivity index (χ0) is 13.8. The third kappa shape index (κ3) is 3.53. The molecule has 2 N–H and O–H groups in total. The average Bonchev–Trinajstić information content (AvgIpc) is 2.29. The lowest BCUT2D eigenvalue weighted by atomic mass is 9.96. The van der Waals surface area contributed by atoms with Crippen LogP contribution in [0.3, 0.4) is 0 Å². The predicted octanol–water partition coefficient (Wildman–Crippen LogP) is 2.22. The molecule has 1 amide bonds. The van der Waals surface area contributed by atoms with E-state index in [2.05, 4.69) is 26.2 Å². The Morgan fingerprint density at radius 3 is 2.61 bits per heavy atom. The molecule has 0 fully saturated rings. The minimum Gasteiger partial charge on any atom is -0.480 e. The van der Waals surface area contributed by atoms with E-state index in [1.165, 1.54) is 13.1 Å². The third-order valence-corrected chi connectivity index (χ3v) is 3.07. The Kier molecular flexibility index (Phi) is 4.84. The van der Waals surface area contributed by atoms with Gasteiger partial charge in [-0.15, -0.1) is 0 Å². The molecule has 1 rings (SSSR count). The first-order valence-corrected chi connectivity index (χ1v) is 6.36. The van der Waals surface area contributed by atoms with Gasteiger partial charge in [0.25, 0.3) is 5.91 Å². The first kappa shape index (κ1) is 14.6. The highest BCUT2D eigenvalue weighted by atomic mass is 79.9. The van der Waals surface area contributed by atoms with Crippen LogP contribution in [0.1, 0.15) is 37.0 Å². The van der Waals surface area contributed by atoms with Crippen LogP contribution in [0.2, 0.25) is 0 Å². The van der Waals surface area contributed by atoms with E-state index in [-0.39, 0.29) is 0 Å². The highest BCUT2D eigenvalue weighted by Crippen LogP contribution is 2.14. The molecule has 0 aliphatic rings. The average molecular weight is 315 g/mol. The normalized spacial score (nSPS) is 13.7. The first-order valence-electron chi connectivity index (χ1n) is 5.56. The molecule has 0 saturated carbocycles. The number of rotatable bonds is 5. The molecule has 1 aromatic heterocycles. The molecule has 0 aliphatic carbocycles. The standard InChI is InChI=1S/C12H15BrN2O3/c1-3-6-12(2,11(17)18)15-10(16)8-4-5-9(13)14-7-8/h4-5,7H,3,6H2,1-2H3,(H,15,16)(H,17,18). The summed E-state index contributed by atoms with van der Waals surface area (Å²) in [4.78, 5) is 27.0. The van der Waals surface area contributed by atoms with Crippen LogP contribution in [0.25, 0.3) is 0 Å². The molecule has 0 aromatic carbocycles. The van der Waals surface area contributed by atoms with Gasteiger partial charge in [0.1, 0.15) is 10.1 Å². The Balaban J connectivity index is 2.85. The van der Waals surface area contributed by atoms with Crippen molar-refractivity contribution in [2.45, 2.75) is 32.2 Å². The van der Waals surface area contributed by atoms with Crippen LogP contribution in [0, 0.1) is 0 Å². The van der Waals surface area contributed by atoms with E-state index in [1.807, 2.05) is 6.92 Å². The molecule has 18 heavy (non-hydrogen) atoms. The Morgan fingerprint density at radius 2 is 2.17 bits per heavy atom. The molecule has 98 valence electrons. The maximum Gasteiger partial charge on any atom is 0.329 e. The lowest BCUT2D eigenvalue weighted by Gasteiger charge is -2.25. The first-order chi connectivity index (χ1) is 8.39. The fourth-order valence-corrected chi connectivity index (χ4v) is 1.79. The van der Waals surface area contributed by atoms with E-state index in [4.69, 9.17) is 5.11 Å². The van der Waals surface area contributed by atoms with Gasteiger partial charge in [-0.25, -0.2) is 9.78 Å². The zero-order valence-corrected chi connectivity index (χ0v) is 11.8. The van der Waals surface area contributed by atoms with Crippen LogP contribution in [0.5, 0.6) is 0 Å². The van der Waals surface area contributed by atoms with E-state index in [0.29, 0.717) is 23.0 Å².